The highest BCUT2D eigenvalue weighted by atomic mass is 16.7. The number of esters is 1. The average molecular weight is 600 g/mol. The number of aromatic nitrogens is 3. The Kier molecular flexibility index (Phi) is 7.15. The van der Waals surface area contributed by atoms with Gasteiger partial charge >= 0.3 is 5.97 Å². The third kappa shape index (κ3) is 4.63. The molecule has 3 aliphatic rings. The predicted octanol–water partition coefficient (Wildman–Crippen LogP) is 4.70. The van der Waals surface area contributed by atoms with Crippen LogP contribution in [0.5, 0.6) is 34.5 Å². The molecule has 0 radical (unpaired) electrons. The largest absolute Gasteiger partial charge is 0.493 e. The number of carbonyl (C=O) groups excluding carboxylic acids is 1. The minimum atomic E-state index is -0.517. The molecule has 1 saturated heterocycles. The van der Waals surface area contributed by atoms with Crippen molar-refractivity contribution in [1.29, 1.82) is 0 Å². The summed E-state index contributed by atoms with van der Waals surface area (Å²) in [7, 11) is 4.71. The van der Waals surface area contributed by atoms with Crippen LogP contribution >= 0.6 is 0 Å². The molecular formula is C33H33N3O8. The molecule has 44 heavy (non-hydrogen) atoms. The fourth-order valence-electron chi connectivity index (χ4n) is 6.65. The van der Waals surface area contributed by atoms with E-state index < -0.39 is 5.92 Å². The number of benzene rings is 3. The first-order chi connectivity index (χ1) is 21.5. The van der Waals surface area contributed by atoms with E-state index >= 15 is 0 Å². The number of aryl methyl sites for hydroxylation is 1. The van der Waals surface area contributed by atoms with E-state index in [1.54, 1.807) is 21.3 Å². The molecule has 3 heterocycles. The lowest BCUT2D eigenvalue weighted by Crippen LogP contribution is -2.37. The van der Waals surface area contributed by atoms with Gasteiger partial charge in [0.05, 0.1) is 46.1 Å². The van der Waals surface area contributed by atoms with Gasteiger partial charge < -0.3 is 33.2 Å². The normalized spacial score (nSPS) is 21.3. The lowest BCUT2D eigenvalue weighted by Gasteiger charge is -2.39. The Morgan fingerprint density at radius 2 is 1.61 bits per heavy atom. The maximum atomic E-state index is 13.5. The molecule has 0 spiro atoms. The molecule has 7 rings (SSSR count). The van der Waals surface area contributed by atoms with Crippen molar-refractivity contribution >= 4 is 5.97 Å². The first kappa shape index (κ1) is 27.9. The minimum absolute atomic E-state index is 0.122. The summed E-state index contributed by atoms with van der Waals surface area (Å²) in [6.07, 6.45) is 2.84. The van der Waals surface area contributed by atoms with Crippen molar-refractivity contribution in [3.63, 3.8) is 0 Å². The molecule has 0 saturated carbocycles. The summed E-state index contributed by atoms with van der Waals surface area (Å²) in [4.78, 5) is 13.5. The van der Waals surface area contributed by atoms with E-state index in [1.807, 2.05) is 47.3 Å². The van der Waals surface area contributed by atoms with Crippen molar-refractivity contribution < 1.29 is 38.0 Å². The summed E-state index contributed by atoms with van der Waals surface area (Å²) >= 11 is 0. The summed E-state index contributed by atoms with van der Waals surface area (Å²) in [6, 6.07) is 15.4. The average Bonchev–Trinajstić information content (AvgIpc) is 3.81. The number of methoxy groups -OCH3 is 3. The smallest absolute Gasteiger partial charge is 0.310 e. The SMILES string of the molecule is CCc1ccc(OCc2cn([C@@H]3c4cc5c(cc4[C@@H](c4cc(OC)c(OC)c(OC)c4)[C@H]4C(=O)OC[C@@H]43)OCO5)nn2)cc1. The Hall–Kier alpha value is -4.93. The van der Waals surface area contributed by atoms with Gasteiger partial charge in [0.25, 0.3) is 0 Å². The molecular weight excluding hydrogens is 566 g/mol. The molecule has 11 heteroatoms. The first-order valence-corrected chi connectivity index (χ1v) is 14.5. The van der Waals surface area contributed by atoms with E-state index in [-0.39, 0.29) is 43.9 Å². The van der Waals surface area contributed by atoms with Gasteiger partial charge in [-0.1, -0.05) is 24.3 Å². The summed E-state index contributed by atoms with van der Waals surface area (Å²) in [5, 5.41) is 8.94. The van der Waals surface area contributed by atoms with Gasteiger partial charge in [0.1, 0.15) is 18.1 Å². The van der Waals surface area contributed by atoms with Crippen LogP contribution < -0.4 is 28.4 Å². The predicted molar refractivity (Wildman–Crippen MR) is 157 cm³/mol. The van der Waals surface area contributed by atoms with E-state index in [4.69, 9.17) is 33.2 Å². The maximum Gasteiger partial charge on any atom is 0.310 e. The summed E-state index contributed by atoms with van der Waals surface area (Å²) in [5.74, 6) is 2.07. The van der Waals surface area contributed by atoms with E-state index in [0.29, 0.717) is 34.4 Å². The number of fused-ring (bicyclic) bond motifs is 3. The van der Waals surface area contributed by atoms with Gasteiger partial charge in [-0.05, 0) is 65.1 Å². The van der Waals surface area contributed by atoms with Gasteiger partial charge in [-0.3, -0.25) is 4.79 Å². The number of nitrogens with zero attached hydrogens (tertiary/aromatic N) is 3. The quantitative estimate of drug-likeness (QED) is 0.251. The Bertz CT molecular complexity index is 1680. The lowest BCUT2D eigenvalue weighted by atomic mass is 9.65. The van der Waals surface area contributed by atoms with Crippen LogP contribution in [0.3, 0.4) is 0 Å². The number of hydrogen-bond acceptors (Lipinski definition) is 10. The van der Waals surface area contributed by atoms with E-state index in [9.17, 15) is 4.79 Å². The second-order valence-electron chi connectivity index (χ2n) is 11.0. The molecule has 11 nitrogen and oxygen atoms in total. The molecule has 1 fully saturated rings. The highest BCUT2D eigenvalue weighted by molar-refractivity contribution is 5.79. The van der Waals surface area contributed by atoms with Gasteiger partial charge in [0.2, 0.25) is 12.5 Å². The molecule has 228 valence electrons. The third-order valence-corrected chi connectivity index (χ3v) is 8.76. The second kappa shape index (κ2) is 11.3. The lowest BCUT2D eigenvalue weighted by molar-refractivity contribution is -0.141. The first-order valence-electron chi connectivity index (χ1n) is 14.5. The van der Waals surface area contributed by atoms with E-state index in [2.05, 4.69) is 29.4 Å². The van der Waals surface area contributed by atoms with Crippen molar-refractivity contribution in [2.75, 3.05) is 34.7 Å². The van der Waals surface area contributed by atoms with Crippen LogP contribution in [0.1, 0.15) is 46.8 Å². The fourth-order valence-corrected chi connectivity index (χ4v) is 6.65. The fraction of sp³-hybridized carbons (Fsp3) is 0.364. The van der Waals surface area contributed by atoms with Crippen LogP contribution in [-0.4, -0.2) is 55.7 Å². The third-order valence-electron chi connectivity index (χ3n) is 8.76. The molecule has 1 aromatic heterocycles. The van der Waals surface area contributed by atoms with Gasteiger partial charge in [-0.25, -0.2) is 4.68 Å². The minimum Gasteiger partial charge on any atom is -0.493 e. The topological polar surface area (TPSA) is 112 Å². The van der Waals surface area contributed by atoms with Gasteiger partial charge in [-0.15, -0.1) is 5.10 Å². The zero-order chi connectivity index (χ0) is 30.4. The van der Waals surface area contributed by atoms with Crippen LogP contribution in [0.15, 0.2) is 54.7 Å². The standard InChI is InChI=1S/C33H33N3O8/c1-5-18-6-8-21(9-7-18)41-15-20-14-36(35-34-20)31-23-13-26-25(43-17-44-26)12-22(23)29(30-24(31)16-42-33(30)37)19-10-27(38-2)32(40-4)28(11-19)39-3/h6-14,24,29-31H,5,15-17H2,1-4H3/t24-,29+,30-,31+/m0/s1. The number of hydrogen-bond donors (Lipinski definition) is 0. The molecule has 0 amide bonds. The van der Waals surface area contributed by atoms with Crippen molar-refractivity contribution in [3.8, 4) is 34.5 Å². The number of cyclic esters (lactones) is 1. The Morgan fingerprint density at radius 1 is 0.909 bits per heavy atom. The maximum absolute atomic E-state index is 13.5. The zero-order valence-corrected chi connectivity index (χ0v) is 24.9. The van der Waals surface area contributed by atoms with Gasteiger partial charge in [0, 0.05) is 11.8 Å². The number of carbonyl (C=O) groups is 1. The van der Waals surface area contributed by atoms with Crippen LogP contribution in [-0.2, 0) is 22.6 Å². The highest BCUT2D eigenvalue weighted by Gasteiger charge is 2.53. The van der Waals surface area contributed by atoms with Gasteiger partial charge in [0.15, 0.2) is 23.0 Å². The van der Waals surface area contributed by atoms with Crippen molar-refractivity contribution in [2.24, 2.45) is 11.8 Å². The Labute approximate surface area is 254 Å². The molecule has 0 unspecified atom stereocenters. The van der Waals surface area contributed by atoms with Crippen LogP contribution in [0.2, 0.25) is 0 Å². The summed E-state index contributed by atoms with van der Waals surface area (Å²) < 4.78 is 42.0. The molecule has 2 aliphatic heterocycles. The highest BCUT2D eigenvalue weighted by Crippen LogP contribution is 2.56. The monoisotopic (exact) mass is 599 g/mol. The molecule has 4 atom stereocenters. The summed E-state index contributed by atoms with van der Waals surface area (Å²) in [6.45, 7) is 2.73. The van der Waals surface area contributed by atoms with E-state index in [0.717, 1.165) is 28.9 Å². The molecule has 1 aliphatic carbocycles. The number of rotatable bonds is 9. The van der Waals surface area contributed by atoms with Crippen molar-refractivity contribution in [3.05, 3.63) is 82.7 Å². The van der Waals surface area contributed by atoms with Crippen molar-refractivity contribution in [2.45, 2.75) is 31.9 Å². The Balaban J connectivity index is 1.30. The number of ether oxygens (including phenoxy) is 7. The van der Waals surface area contributed by atoms with Crippen LogP contribution in [0.4, 0.5) is 0 Å². The second-order valence-corrected chi connectivity index (χ2v) is 11.0. The molecule has 0 N–H and O–H groups in total. The zero-order valence-electron chi connectivity index (χ0n) is 24.9. The molecule has 4 aromatic rings. The van der Waals surface area contributed by atoms with Crippen molar-refractivity contribution in [1.82, 2.24) is 15.0 Å². The van der Waals surface area contributed by atoms with E-state index in [1.165, 1.54) is 5.56 Å². The van der Waals surface area contributed by atoms with Crippen LogP contribution in [0, 0.1) is 11.8 Å². The van der Waals surface area contributed by atoms with Crippen LogP contribution in [0.25, 0.3) is 0 Å². The van der Waals surface area contributed by atoms with Gasteiger partial charge in [-0.2, -0.15) is 0 Å². The molecule has 0 bridgehead atoms. The Morgan fingerprint density at radius 3 is 2.27 bits per heavy atom. The summed E-state index contributed by atoms with van der Waals surface area (Å²) in [5.41, 5.74) is 4.58. The molecule has 3 aromatic carbocycles.